The number of carbonyl (C=O) groups is 1. The average molecular weight is 255 g/mol. The number of halogens is 3. The zero-order valence-electron chi connectivity index (χ0n) is 6.22. The molecule has 1 rings (SSSR count). The van der Waals surface area contributed by atoms with Gasteiger partial charge in [-0.05, 0) is 15.9 Å². The molecule has 0 unspecified atom stereocenters. The Kier molecular flexibility index (Phi) is 2.91. The molecule has 0 aliphatic carbocycles. The first-order valence-electron chi connectivity index (χ1n) is 3.20. The number of hydrogen-bond acceptors (Lipinski definition) is 3. The number of hydrogen-bond donors (Lipinski definition) is 2. The molecule has 0 spiro atoms. The normalized spacial score (nSPS) is 11.3. The molecule has 0 aromatic carbocycles. The predicted octanol–water partition coefficient (Wildman–Crippen LogP) is 0.522. The highest BCUT2D eigenvalue weighted by molar-refractivity contribution is 9.10. The van der Waals surface area contributed by atoms with Gasteiger partial charge in [-0.15, -0.1) is 0 Å². The molecule has 0 fully saturated rings. The fraction of sp³-hybridized carbons (Fsp3) is 0.400. The van der Waals surface area contributed by atoms with Gasteiger partial charge < -0.3 is 5.32 Å². The van der Waals surface area contributed by atoms with Crippen LogP contribution in [0, 0.1) is 0 Å². The third kappa shape index (κ3) is 3.45. The van der Waals surface area contributed by atoms with Crippen molar-refractivity contribution in [3.63, 3.8) is 0 Å². The lowest BCUT2D eigenvalue weighted by atomic mass is 10.4. The topological polar surface area (TPSA) is 70.7 Å². The van der Waals surface area contributed by atoms with E-state index in [-0.39, 0.29) is 5.69 Å². The fourth-order valence-electron chi connectivity index (χ4n) is 0.582. The number of H-pyrrole nitrogens is 1. The van der Waals surface area contributed by atoms with Crippen LogP contribution in [0.25, 0.3) is 0 Å². The Hall–Kier alpha value is -1.05. The van der Waals surface area contributed by atoms with Crippen molar-refractivity contribution < 1.29 is 13.6 Å². The Morgan fingerprint density at radius 1 is 1.77 bits per heavy atom. The SMILES string of the molecule is O=C(NCC(F)(F)Br)c1cn[nH]n1. The van der Waals surface area contributed by atoms with E-state index in [4.69, 9.17) is 0 Å². The van der Waals surface area contributed by atoms with E-state index >= 15 is 0 Å². The van der Waals surface area contributed by atoms with Crippen molar-refractivity contribution in [3.05, 3.63) is 11.9 Å². The summed E-state index contributed by atoms with van der Waals surface area (Å²) in [5, 5.41) is 10.9. The molecule has 2 N–H and O–H groups in total. The van der Waals surface area contributed by atoms with E-state index < -0.39 is 17.3 Å². The molecule has 72 valence electrons. The molecule has 0 bridgehead atoms. The van der Waals surface area contributed by atoms with Gasteiger partial charge in [0.15, 0.2) is 5.69 Å². The van der Waals surface area contributed by atoms with Crippen molar-refractivity contribution in [3.8, 4) is 0 Å². The Labute approximate surface area is 80.0 Å². The Balaban J connectivity index is 2.44. The summed E-state index contributed by atoms with van der Waals surface area (Å²) in [6, 6.07) is 0. The number of nitrogens with zero attached hydrogens (tertiary/aromatic N) is 2. The number of alkyl halides is 3. The van der Waals surface area contributed by atoms with Gasteiger partial charge in [0, 0.05) is 0 Å². The number of nitrogens with one attached hydrogen (secondary N) is 2. The number of rotatable bonds is 3. The van der Waals surface area contributed by atoms with Crippen LogP contribution in [0.4, 0.5) is 8.78 Å². The van der Waals surface area contributed by atoms with Crippen LogP contribution in [0.2, 0.25) is 0 Å². The van der Waals surface area contributed by atoms with E-state index in [0.717, 1.165) is 6.20 Å². The molecule has 8 heteroatoms. The number of aromatic nitrogens is 3. The number of carbonyl (C=O) groups excluding carboxylic acids is 1. The largest absolute Gasteiger partial charge is 0.344 e. The summed E-state index contributed by atoms with van der Waals surface area (Å²) >= 11 is 2.08. The minimum atomic E-state index is -3.10. The van der Waals surface area contributed by atoms with Crippen LogP contribution in [-0.4, -0.2) is 32.7 Å². The lowest BCUT2D eigenvalue weighted by molar-refractivity contribution is 0.0831. The van der Waals surface area contributed by atoms with E-state index in [1.165, 1.54) is 0 Å². The highest BCUT2D eigenvalue weighted by Crippen LogP contribution is 2.19. The lowest BCUT2D eigenvalue weighted by Crippen LogP contribution is -2.33. The molecule has 0 aliphatic heterocycles. The van der Waals surface area contributed by atoms with Gasteiger partial charge in [0.1, 0.15) is 0 Å². The second kappa shape index (κ2) is 3.77. The van der Waals surface area contributed by atoms with Crippen molar-refractivity contribution in [2.75, 3.05) is 6.54 Å². The smallest absolute Gasteiger partial charge is 0.318 e. The Morgan fingerprint density at radius 3 is 2.92 bits per heavy atom. The van der Waals surface area contributed by atoms with E-state index in [1.54, 1.807) is 0 Å². The molecule has 0 saturated heterocycles. The molecule has 0 radical (unpaired) electrons. The van der Waals surface area contributed by atoms with Crippen LogP contribution in [0.1, 0.15) is 10.5 Å². The maximum absolute atomic E-state index is 12.2. The molecule has 1 aromatic heterocycles. The van der Waals surface area contributed by atoms with Crippen LogP contribution in [-0.2, 0) is 0 Å². The molecule has 13 heavy (non-hydrogen) atoms. The summed E-state index contributed by atoms with van der Waals surface area (Å²) in [5.41, 5.74) is -0.0308. The van der Waals surface area contributed by atoms with Crippen LogP contribution in [0.15, 0.2) is 6.20 Å². The second-order valence-corrected chi connectivity index (χ2v) is 3.31. The molecule has 1 aromatic rings. The zero-order valence-corrected chi connectivity index (χ0v) is 7.81. The van der Waals surface area contributed by atoms with Gasteiger partial charge in [-0.1, -0.05) is 0 Å². The van der Waals surface area contributed by atoms with Gasteiger partial charge >= 0.3 is 4.83 Å². The molecular formula is C5H5BrF2N4O. The molecule has 1 heterocycles. The second-order valence-electron chi connectivity index (χ2n) is 2.15. The number of amides is 1. The first kappa shape index (κ1) is 10.0. The lowest BCUT2D eigenvalue weighted by Gasteiger charge is -2.07. The van der Waals surface area contributed by atoms with Crippen LogP contribution >= 0.6 is 15.9 Å². The standard InChI is InChI=1S/C5H5BrF2N4O/c6-5(7,8)2-9-4(13)3-1-10-12-11-3/h1H,2H2,(H,9,13)(H,10,11,12). The van der Waals surface area contributed by atoms with Gasteiger partial charge in [0.25, 0.3) is 5.91 Å². The molecule has 5 nitrogen and oxygen atoms in total. The summed E-state index contributed by atoms with van der Waals surface area (Å²) in [6.07, 6.45) is 1.14. The third-order valence-corrected chi connectivity index (χ3v) is 1.38. The third-order valence-electron chi connectivity index (χ3n) is 1.10. The molecule has 0 aliphatic rings. The highest BCUT2D eigenvalue weighted by Gasteiger charge is 2.25. The summed E-state index contributed by atoms with van der Waals surface area (Å²) in [6.45, 7) is -0.793. The number of aromatic amines is 1. The highest BCUT2D eigenvalue weighted by atomic mass is 79.9. The Bertz CT molecular complexity index is 283. The van der Waals surface area contributed by atoms with Crippen LogP contribution in [0.5, 0.6) is 0 Å². The van der Waals surface area contributed by atoms with Crippen molar-refractivity contribution in [2.45, 2.75) is 4.83 Å². The monoisotopic (exact) mass is 254 g/mol. The maximum Gasteiger partial charge on any atom is 0.318 e. The van der Waals surface area contributed by atoms with E-state index in [9.17, 15) is 13.6 Å². The average Bonchev–Trinajstić information content (AvgIpc) is 2.50. The van der Waals surface area contributed by atoms with Crippen LogP contribution < -0.4 is 5.32 Å². The van der Waals surface area contributed by atoms with Crippen molar-refractivity contribution in [2.24, 2.45) is 0 Å². The first-order chi connectivity index (χ1) is 5.99. The summed E-state index contributed by atoms with van der Waals surface area (Å²) in [4.78, 5) is 7.86. The zero-order chi connectivity index (χ0) is 9.90. The van der Waals surface area contributed by atoms with Gasteiger partial charge in [-0.25, -0.2) is 0 Å². The van der Waals surface area contributed by atoms with Gasteiger partial charge in [-0.2, -0.15) is 24.2 Å². The minimum Gasteiger partial charge on any atom is -0.344 e. The van der Waals surface area contributed by atoms with Crippen molar-refractivity contribution >= 4 is 21.8 Å². The summed E-state index contributed by atoms with van der Waals surface area (Å²) in [7, 11) is 0. The van der Waals surface area contributed by atoms with E-state index in [0.29, 0.717) is 0 Å². The Morgan fingerprint density at radius 2 is 2.46 bits per heavy atom. The van der Waals surface area contributed by atoms with E-state index in [1.807, 2.05) is 5.32 Å². The summed E-state index contributed by atoms with van der Waals surface area (Å²) < 4.78 is 24.4. The maximum atomic E-state index is 12.2. The van der Waals surface area contributed by atoms with Gasteiger partial charge in [0.2, 0.25) is 0 Å². The first-order valence-corrected chi connectivity index (χ1v) is 3.99. The fourth-order valence-corrected chi connectivity index (χ4v) is 0.722. The molecule has 1 amide bonds. The molecular weight excluding hydrogens is 250 g/mol. The quantitative estimate of drug-likeness (QED) is 0.773. The van der Waals surface area contributed by atoms with E-state index in [2.05, 4.69) is 31.3 Å². The molecule has 0 atom stereocenters. The summed E-state index contributed by atoms with van der Waals surface area (Å²) in [5.74, 6) is -0.701. The van der Waals surface area contributed by atoms with Crippen molar-refractivity contribution in [1.82, 2.24) is 20.7 Å². The minimum absolute atomic E-state index is 0.0308. The van der Waals surface area contributed by atoms with Gasteiger partial charge in [-0.3, -0.25) is 4.79 Å². The molecule has 0 saturated carbocycles. The van der Waals surface area contributed by atoms with Crippen molar-refractivity contribution in [1.29, 1.82) is 0 Å². The van der Waals surface area contributed by atoms with Gasteiger partial charge in [0.05, 0.1) is 12.7 Å². The predicted molar refractivity (Wildman–Crippen MR) is 42.6 cm³/mol. The van der Waals surface area contributed by atoms with Crippen LogP contribution in [0.3, 0.4) is 0 Å².